The molecule has 3 aromatic rings. The highest BCUT2D eigenvalue weighted by atomic mass is 16.7. The van der Waals surface area contributed by atoms with Crippen molar-refractivity contribution in [2.24, 2.45) is 0 Å². The molecular formula is C24H21N3O4. The van der Waals surface area contributed by atoms with E-state index in [1.807, 2.05) is 42.5 Å². The number of pyridine rings is 1. The SMILES string of the molecule is O=C(Cc1ccc(NC(=O)[C@@H]2C=C(c3cccnc3)NO2)cc1)OCc1ccccc1. The summed E-state index contributed by atoms with van der Waals surface area (Å²) in [6.07, 6.45) is 4.46. The number of nitrogens with one attached hydrogen (secondary N) is 2. The molecule has 2 aromatic carbocycles. The first kappa shape index (κ1) is 20.3. The van der Waals surface area contributed by atoms with Crippen molar-refractivity contribution in [2.45, 2.75) is 19.1 Å². The molecule has 1 aliphatic heterocycles. The number of carbonyl (C=O) groups is 2. The molecular weight excluding hydrogens is 394 g/mol. The third-order valence-corrected chi connectivity index (χ3v) is 4.66. The van der Waals surface area contributed by atoms with Crippen molar-refractivity contribution in [3.05, 3.63) is 102 Å². The van der Waals surface area contributed by atoms with Crippen LogP contribution in [0, 0.1) is 0 Å². The van der Waals surface area contributed by atoms with Crippen LogP contribution in [-0.4, -0.2) is 23.0 Å². The number of anilines is 1. The number of aromatic nitrogens is 1. The molecule has 0 fully saturated rings. The Balaban J connectivity index is 1.28. The fourth-order valence-corrected chi connectivity index (χ4v) is 3.03. The van der Waals surface area contributed by atoms with Gasteiger partial charge in [-0.3, -0.25) is 24.9 Å². The quantitative estimate of drug-likeness (QED) is 0.576. The lowest BCUT2D eigenvalue weighted by Gasteiger charge is -2.10. The van der Waals surface area contributed by atoms with Crippen molar-refractivity contribution in [1.29, 1.82) is 0 Å². The van der Waals surface area contributed by atoms with Crippen LogP contribution in [0.25, 0.3) is 5.70 Å². The van der Waals surface area contributed by atoms with Gasteiger partial charge in [-0.1, -0.05) is 42.5 Å². The normalized spacial score (nSPS) is 15.0. The maximum absolute atomic E-state index is 12.5. The molecule has 0 aliphatic carbocycles. The van der Waals surface area contributed by atoms with Crippen molar-refractivity contribution in [1.82, 2.24) is 10.5 Å². The number of ether oxygens (including phenoxy) is 1. The molecule has 0 bridgehead atoms. The molecule has 1 aromatic heterocycles. The molecule has 0 spiro atoms. The van der Waals surface area contributed by atoms with Gasteiger partial charge >= 0.3 is 5.97 Å². The summed E-state index contributed by atoms with van der Waals surface area (Å²) in [7, 11) is 0. The fourth-order valence-electron chi connectivity index (χ4n) is 3.03. The first-order valence-corrected chi connectivity index (χ1v) is 9.80. The summed E-state index contributed by atoms with van der Waals surface area (Å²) >= 11 is 0. The number of hydrogen-bond donors (Lipinski definition) is 2. The van der Waals surface area contributed by atoms with E-state index in [1.165, 1.54) is 0 Å². The number of carbonyl (C=O) groups excluding carboxylic acids is 2. The maximum atomic E-state index is 12.5. The maximum Gasteiger partial charge on any atom is 0.310 e. The van der Waals surface area contributed by atoms with E-state index in [-0.39, 0.29) is 24.9 Å². The molecule has 2 N–H and O–H groups in total. The van der Waals surface area contributed by atoms with Gasteiger partial charge in [0, 0.05) is 23.6 Å². The average Bonchev–Trinajstić information content (AvgIpc) is 3.31. The molecule has 31 heavy (non-hydrogen) atoms. The van der Waals surface area contributed by atoms with E-state index in [0.29, 0.717) is 11.4 Å². The first-order chi connectivity index (χ1) is 15.2. The number of amides is 1. The molecule has 0 saturated heterocycles. The zero-order chi connectivity index (χ0) is 21.5. The van der Waals surface area contributed by atoms with Crippen LogP contribution in [-0.2, 0) is 32.2 Å². The molecule has 1 atom stereocenters. The van der Waals surface area contributed by atoms with Crippen molar-refractivity contribution in [2.75, 3.05) is 5.32 Å². The fraction of sp³-hybridized carbons (Fsp3) is 0.125. The topological polar surface area (TPSA) is 89.6 Å². The minimum atomic E-state index is -0.761. The molecule has 7 nitrogen and oxygen atoms in total. The Morgan fingerprint density at radius 2 is 1.81 bits per heavy atom. The van der Waals surface area contributed by atoms with E-state index in [2.05, 4.69) is 15.8 Å². The zero-order valence-corrected chi connectivity index (χ0v) is 16.7. The summed E-state index contributed by atoms with van der Waals surface area (Å²) < 4.78 is 5.30. The second kappa shape index (κ2) is 9.69. The minimum Gasteiger partial charge on any atom is -0.461 e. The number of nitrogens with zero attached hydrogens (tertiary/aromatic N) is 1. The van der Waals surface area contributed by atoms with Crippen LogP contribution >= 0.6 is 0 Å². The number of hydrogen-bond acceptors (Lipinski definition) is 6. The van der Waals surface area contributed by atoms with Crippen molar-refractivity contribution in [3.8, 4) is 0 Å². The van der Waals surface area contributed by atoms with Crippen LogP contribution < -0.4 is 10.8 Å². The van der Waals surface area contributed by atoms with Crippen LogP contribution in [0.2, 0.25) is 0 Å². The number of rotatable bonds is 7. The first-order valence-electron chi connectivity index (χ1n) is 9.80. The van der Waals surface area contributed by atoms with Gasteiger partial charge in [0.05, 0.1) is 12.1 Å². The Kier molecular flexibility index (Phi) is 6.35. The van der Waals surface area contributed by atoms with Crippen LogP contribution in [0.3, 0.4) is 0 Å². The van der Waals surface area contributed by atoms with Crippen molar-refractivity contribution >= 4 is 23.3 Å². The third-order valence-electron chi connectivity index (χ3n) is 4.66. The Bertz CT molecular complexity index is 1070. The lowest BCUT2D eigenvalue weighted by atomic mass is 10.1. The highest BCUT2D eigenvalue weighted by Crippen LogP contribution is 2.19. The van der Waals surface area contributed by atoms with E-state index in [4.69, 9.17) is 9.57 Å². The molecule has 2 heterocycles. The summed E-state index contributed by atoms with van der Waals surface area (Å²) in [5.74, 6) is -0.611. The Hall–Kier alpha value is -3.97. The summed E-state index contributed by atoms with van der Waals surface area (Å²) in [4.78, 5) is 33.9. The van der Waals surface area contributed by atoms with Crippen LogP contribution in [0.1, 0.15) is 16.7 Å². The average molecular weight is 415 g/mol. The standard InChI is InChI=1S/C24H21N3O4/c28-23(30-16-18-5-2-1-3-6-18)13-17-8-10-20(11-9-17)26-24(29)22-14-21(27-31-22)19-7-4-12-25-15-19/h1-12,14-15,22,27H,13,16H2,(H,26,29)/t22-/m0/s1. The van der Waals surface area contributed by atoms with Crippen LogP contribution in [0.4, 0.5) is 5.69 Å². The molecule has 1 aliphatic rings. The van der Waals surface area contributed by atoms with Gasteiger partial charge in [-0.2, -0.15) is 0 Å². The Morgan fingerprint density at radius 1 is 1.00 bits per heavy atom. The van der Waals surface area contributed by atoms with Gasteiger partial charge in [-0.25, -0.2) is 0 Å². The largest absolute Gasteiger partial charge is 0.461 e. The minimum absolute atomic E-state index is 0.161. The molecule has 0 saturated carbocycles. The van der Waals surface area contributed by atoms with E-state index in [0.717, 1.165) is 16.7 Å². The predicted octanol–water partition coefficient (Wildman–Crippen LogP) is 3.25. The van der Waals surface area contributed by atoms with Gasteiger partial charge in [0.1, 0.15) is 6.61 Å². The summed E-state index contributed by atoms with van der Waals surface area (Å²) in [6, 6.07) is 20.3. The summed E-state index contributed by atoms with van der Waals surface area (Å²) in [6.45, 7) is 0.248. The highest BCUT2D eigenvalue weighted by Gasteiger charge is 2.24. The number of esters is 1. The van der Waals surface area contributed by atoms with Gasteiger partial charge in [0.15, 0.2) is 6.10 Å². The highest BCUT2D eigenvalue weighted by molar-refractivity contribution is 5.97. The molecule has 156 valence electrons. The second-order valence-corrected chi connectivity index (χ2v) is 6.97. The van der Waals surface area contributed by atoms with Gasteiger partial charge in [-0.15, -0.1) is 0 Å². The van der Waals surface area contributed by atoms with E-state index in [1.54, 1.807) is 42.7 Å². The third kappa shape index (κ3) is 5.55. The van der Waals surface area contributed by atoms with Crippen molar-refractivity contribution < 1.29 is 19.2 Å². The molecule has 4 rings (SSSR count). The van der Waals surface area contributed by atoms with Crippen LogP contribution in [0.15, 0.2) is 85.2 Å². The Morgan fingerprint density at radius 3 is 2.55 bits per heavy atom. The summed E-state index contributed by atoms with van der Waals surface area (Å²) in [5, 5.41) is 2.80. The smallest absolute Gasteiger partial charge is 0.310 e. The molecule has 1 amide bonds. The van der Waals surface area contributed by atoms with Gasteiger partial charge < -0.3 is 10.1 Å². The van der Waals surface area contributed by atoms with Crippen molar-refractivity contribution in [3.63, 3.8) is 0 Å². The Labute approximate surface area is 179 Å². The number of benzene rings is 2. The van der Waals surface area contributed by atoms with Gasteiger partial charge in [0.25, 0.3) is 5.91 Å². The number of hydroxylamine groups is 1. The molecule has 0 radical (unpaired) electrons. The predicted molar refractivity (Wildman–Crippen MR) is 115 cm³/mol. The second-order valence-electron chi connectivity index (χ2n) is 6.97. The molecule has 7 heteroatoms. The molecule has 0 unspecified atom stereocenters. The monoisotopic (exact) mass is 415 g/mol. The van der Waals surface area contributed by atoms with E-state index >= 15 is 0 Å². The van der Waals surface area contributed by atoms with Gasteiger partial charge in [0.2, 0.25) is 0 Å². The lowest BCUT2D eigenvalue weighted by molar-refractivity contribution is -0.144. The lowest BCUT2D eigenvalue weighted by Crippen LogP contribution is -2.28. The summed E-state index contributed by atoms with van der Waals surface area (Å²) in [5.41, 5.74) is 6.63. The van der Waals surface area contributed by atoms with Gasteiger partial charge in [-0.05, 0) is 41.5 Å². The zero-order valence-electron chi connectivity index (χ0n) is 16.7. The van der Waals surface area contributed by atoms with E-state index < -0.39 is 6.10 Å². The van der Waals surface area contributed by atoms with E-state index in [9.17, 15) is 9.59 Å². The van der Waals surface area contributed by atoms with Crippen LogP contribution in [0.5, 0.6) is 0 Å².